The van der Waals surface area contributed by atoms with E-state index in [2.05, 4.69) is 21.6 Å². The Balaban J connectivity index is 1.33. The predicted molar refractivity (Wildman–Crippen MR) is 119 cm³/mol. The number of ether oxygens (including phenoxy) is 1. The zero-order chi connectivity index (χ0) is 22.2. The van der Waals surface area contributed by atoms with Gasteiger partial charge in [0.2, 0.25) is 11.8 Å². The molecular weight excluding hydrogens is 397 g/mol. The molecule has 0 aromatic heterocycles. The number of hydrogen-bond donors (Lipinski definition) is 2. The summed E-state index contributed by atoms with van der Waals surface area (Å²) in [7, 11) is 0. The fourth-order valence-electron chi connectivity index (χ4n) is 3.82. The van der Waals surface area contributed by atoms with Crippen LogP contribution in [0.1, 0.15) is 24.0 Å². The highest BCUT2D eigenvalue weighted by Gasteiger charge is 2.25. The molecule has 0 radical (unpaired) electrons. The number of hydrogen-bond acceptors (Lipinski definition) is 4. The van der Waals surface area contributed by atoms with Crippen molar-refractivity contribution < 1.29 is 18.7 Å². The number of anilines is 1. The Labute approximate surface area is 182 Å². The first kappa shape index (κ1) is 22.7. The number of carbonyl (C=O) groups is 2. The molecule has 1 heterocycles. The number of carbonyl (C=O) groups excluding carboxylic acids is 2. The molecule has 1 aliphatic rings. The van der Waals surface area contributed by atoms with Gasteiger partial charge in [-0.1, -0.05) is 6.07 Å². The van der Waals surface area contributed by atoms with Crippen molar-refractivity contribution >= 4 is 17.5 Å². The van der Waals surface area contributed by atoms with Crippen LogP contribution in [0.25, 0.3) is 0 Å². The summed E-state index contributed by atoms with van der Waals surface area (Å²) in [4.78, 5) is 26.8. The average molecular weight is 428 g/mol. The maximum absolute atomic E-state index is 12.9. The van der Waals surface area contributed by atoms with Gasteiger partial charge in [-0.05, 0) is 87.3 Å². The Morgan fingerprint density at radius 3 is 2.35 bits per heavy atom. The molecule has 1 aliphatic heterocycles. The predicted octanol–water partition coefficient (Wildman–Crippen LogP) is 3.29. The lowest BCUT2D eigenvalue weighted by atomic mass is 9.96. The summed E-state index contributed by atoms with van der Waals surface area (Å²) < 4.78 is 18.4. The number of halogens is 1. The van der Waals surface area contributed by atoms with E-state index in [4.69, 9.17) is 4.74 Å². The third-order valence-corrected chi connectivity index (χ3v) is 5.31. The molecule has 0 unspecified atom stereocenters. The highest BCUT2D eigenvalue weighted by atomic mass is 19.1. The highest BCUT2D eigenvalue weighted by molar-refractivity contribution is 5.92. The third kappa shape index (κ3) is 7.36. The molecule has 0 bridgehead atoms. The van der Waals surface area contributed by atoms with E-state index in [1.807, 2.05) is 26.0 Å². The van der Waals surface area contributed by atoms with Crippen LogP contribution in [0, 0.1) is 25.6 Å². The van der Waals surface area contributed by atoms with Gasteiger partial charge >= 0.3 is 0 Å². The van der Waals surface area contributed by atoms with Crippen molar-refractivity contribution in [2.75, 3.05) is 38.1 Å². The van der Waals surface area contributed by atoms with Gasteiger partial charge in [0.1, 0.15) is 18.2 Å². The molecule has 6 nitrogen and oxygen atoms in total. The van der Waals surface area contributed by atoms with Crippen molar-refractivity contribution in [3.63, 3.8) is 0 Å². The van der Waals surface area contributed by atoms with Gasteiger partial charge in [0.25, 0.3) is 0 Å². The molecule has 2 aromatic carbocycles. The molecule has 0 atom stereocenters. The molecule has 7 heteroatoms. The summed E-state index contributed by atoms with van der Waals surface area (Å²) >= 11 is 0. The molecule has 166 valence electrons. The maximum atomic E-state index is 12.9. The van der Waals surface area contributed by atoms with E-state index in [1.165, 1.54) is 12.1 Å². The summed E-state index contributed by atoms with van der Waals surface area (Å²) in [5.41, 5.74) is 3.05. The minimum Gasteiger partial charge on any atom is -0.492 e. The molecule has 2 amide bonds. The Morgan fingerprint density at radius 2 is 1.71 bits per heavy atom. The molecule has 2 N–H and O–H groups in total. The fourth-order valence-corrected chi connectivity index (χ4v) is 3.82. The van der Waals surface area contributed by atoms with Gasteiger partial charge in [-0.2, -0.15) is 0 Å². The molecule has 0 saturated carbocycles. The first-order chi connectivity index (χ1) is 14.9. The van der Waals surface area contributed by atoms with E-state index in [-0.39, 0.29) is 23.5 Å². The SMILES string of the molecule is Cc1cc(C)cc(NC(=O)CN2CCC(C(=O)NCCOc3ccc(F)cc3)CC2)c1. The zero-order valence-corrected chi connectivity index (χ0v) is 18.1. The number of likely N-dealkylation sites (tertiary alicyclic amines) is 1. The van der Waals surface area contributed by atoms with Crippen molar-refractivity contribution in [1.29, 1.82) is 0 Å². The van der Waals surface area contributed by atoms with E-state index in [0.29, 0.717) is 38.5 Å². The van der Waals surface area contributed by atoms with Gasteiger partial charge in [-0.25, -0.2) is 4.39 Å². The van der Waals surface area contributed by atoms with Crippen molar-refractivity contribution in [2.45, 2.75) is 26.7 Å². The van der Waals surface area contributed by atoms with E-state index < -0.39 is 0 Å². The minimum absolute atomic E-state index is 0.0158. The summed E-state index contributed by atoms with van der Waals surface area (Å²) in [5.74, 6) is 0.190. The highest BCUT2D eigenvalue weighted by Crippen LogP contribution is 2.18. The summed E-state index contributed by atoms with van der Waals surface area (Å²) in [6.45, 7) is 6.49. The number of nitrogens with zero attached hydrogens (tertiary/aromatic N) is 1. The standard InChI is InChI=1S/C24H30FN3O3/c1-17-13-18(2)15-21(14-17)27-23(29)16-28-10-7-19(8-11-28)24(30)26-9-12-31-22-5-3-20(25)4-6-22/h3-6,13-15,19H,7-12,16H2,1-2H3,(H,26,30)(H,27,29). The van der Waals surface area contributed by atoms with E-state index >= 15 is 0 Å². The summed E-state index contributed by atoms with van der Waals surface area (Å²) in [6.07, 6.45) is 1.45. The largest absolute Gasteiger partial charge is 0.492 e. The molecule has 31 heavy (non-hydrogen) atoms. The van der Waals surface area contributed by atoms with Crippen molar-refractivity contribution in [1.82, 2.24) is 10.2 Å². The normalized spacial score (nSPS) is 14.8. The van der Waals surface area contributed by atoms with E-state index in [9.17, 15) is 14.0 Å². The van der Waals surface area contributed by atoms with E-state index in [0.717, 1.165) is 29.7 Å². The number of rotatable bonds is 8. The Morgan fingerprint density at radius 1 is 1.06 bits per heavy atom. The van der Waals surface area contributed by atoms with Gasteiger partial charge in [0.05, 0.1) is 13.1 Å². The van der Waals surface area contributed by atoms with Crippen molar-refractivity contribution in [3.05, 3.63) is 59.4 Å². The lowest BCUT2D eigenvalue weighted by Crippen LogP contribution is -2.43. The second-order valence-corrected chi connectivity index (χ2v) is 8.07. The maximum Gasteiger partial charge on any atom is 0.238 e. The van der Waals surface area contributed by atoms with Crippen LogP contribution in [0.2, 0.25) is 0 Å². The molecular formula is C24H30FN3O3. The quantitative estimate of drug-likeness (QED) is 0.635. The lowest BCUT2D eigenvalue weighted by molar-refractivity contribution is -0.126. The van der Waals surface area contributed by atoms with Crippen LogP contribution in [0.5, 0.6) is 5.75 Å². The Kier molecular flexibility index (Phi) is 8.00. The molecule has 3 rings (SSSR count). The summed E-state index contributed by atoms with van der Waals surface area (Å²) in [6, 6.07) is 11.8. The minimum atomic E-state index is -0.310. The smallest absolute Gasteiger partial charge is 0.238 e. The number of piperidine rings is 1. The lowest BCUT2D eigenvalue weighted by Gasteiger charge is -2.30. The molecule has 1 saturated heterocycles. The van der Waals surface area contributed by atoms with Gasteiger partial charge < -0.3 is 15.4 Å². The molecule has 2 aromatic rings. The van der Waals surface area contributed by atoms with Gasteiger partial charge in [-0.15, -0.1) is 0 Å². The van der Waals surface area contributed by atoms with Crippen LogP contribution < -0.4 is 15.4 Å². The van der Waals surface area contributed by atoms with Crippen LogP contribution >= 0.6 is 0 Å². The number of amides is 2. The number of nitrogens with one attached hydrogen (secondary N) is 2. The second-order valence-electron chi connectivity index (χ2n) is 8.07. The molecule has 0 spiro atoms. The van der Waals surface area contributed by atoms with Gasteiger partial charge in [-0.3, -0.25) is 14.5 Å². The average Bonchev–Trinajstić information content (AvgIpc) is 2.72. The van der Waals surface area contributed by atoms with Crippen molar-refractivity contribution in [2.24, 2.45) is 5.92 Å². The van der Waals surface area contributed by atoms with Gasteiger partial charge in [0, 0.05) is 11.6 Å². The Hall–Kier alpha value is -2.93. The van der Waals surface area contributed by atoms with Gasteiger partial charge in [0.15, 0.2) is 0 Å². The first-order valence-electron chi connectivity index (χ1n) is 10.7. The zero-order valence-electron chi connectivity index (χ0n) is 18.1. The fraction of sp³-hybridized carbons (Fsp3) is 0.417. The number of benzene rings is 2. The molecule has 0 aliphatic carbocycles. The van der Waals surface area contributed by atoms with E-state index in [1.54, 1.807) is 12.1 Å². The van der Waals surface area contributed by atoms with Crippen LogP contribution in [0.15, 0.2) is 42.5 Å². The van der Waals surface area contributed by atoms with Crippen LogP contribution in [-0.4, -0.2) is 49.5 Å². The molecule has 1 fully saturated rings. The second kappa shape index (κ2) is 10.9. The Bertz CT molecular complexity index is 873. The third-order valence-electron chi connectivity index (χ3n) is 5.31. The topological polar surface area (TPSA) is 70.7 Å². The monoisotopic (exact) mass is 427 g/mol. The van der Waals surface area contributed by atoms with Crippen LogP contribution in [-0.2, 0) is 9.59 Å². The summed E-state index contributed by atoms with van der Waals surface area (Å²) in [5, 5.41) is 5.86. The van der Waals surface area contributed by atoms with Crippen LogP contribution in [0.3, 0.4) is 0 Å². The van der Waals surface area contributed by atoms with Crippen molar-refractivity contribution in [3.8, 4) is 5.75 Å². The number of aryl methyl sites for hydroxylation is 2. The van der Waals surface area contributed by atoms with Crippen LogP contribution in [0.4, 0.5) is 10.1 Å². The first-order valence-corrected chi connectivity index (χ1v) is 10.7.